The molecule has 2 amide bonds. The molecule has 8 nitrogen and oxygen atoms in total. The number of likely N-dealkylation sites (tertiary alicyclic amines) is 1. The highest BCUT2D eigenvalue weighted by Gasteiger charge is 2.26. The number of anilines is 1. The number of hydrogen-bond donors (Lipinski definition) is 1. The van der Waals surface area contributed by atoms with Gasteiger partial charge in [0.2, 0.25) is 5.91 Å². The van der Waals surface area contributed by atoms with Gasteiger partial charge in [-0.3, -0.25) is 9.69 Å². The molecule has 1 aliphatic heterocycles. The van der Waals surface area contributed by atoms with E-state index in [1.807, 2.05) is 52.0 Å². The Balaban J connectivity index is 1.89. The van der Waals surface area contributed by atoms with Crippen molar-refractivity contribution in [2.24, 2.45) is 0 Å². The van der Waals surface area contributed by atoms with Gasteiger partial charge in [0.25, 0.3) is 0 Å². The number of ether oxygens (including phenoxy) is 2. The zero-order valence-electron chi connectivity index (χ0n) is 19.0. The van der Waals surface area contributed by atoms with Crippen LogP contribution in [0.3, 0.4) is 0 Å². The topological polar surface area (TPSA) is 94.9 Å². The summed E-state index contributed by atoms with van der Waals surface area (Å²) in [4.78, 5) is 28.7. The Morgan fingerprint density at radius 3 is 2.42 bits per heavy atom. The Morgan fingerprint density at radius 1 is 1.23 bits per heavy atom. The highest BCUT2D eigenvalue weighted by molar-refractivity contribution is 5.94. The zero-order chi connectivity index (χ0) is 22.9. The zero-order valence-corrected chi connectivity index (χ0v) is 19.0. The van der Waals surface area contributed by atoms with Crippen LogP contribution in [0.15, 0.2) is 24.3 Å². The lowest BCUT2D eigenvalue weighted by Gasteiger charge is -2.33. The van der Waals surface area contributed by atoms with Crippen LogP contribution in [0.5, 0.6) is 5.75 Å². The molecule has 0 spiro atoms. The average molecular weight is 431 g/mol. The number of rotatable bonds is 8. The van der Waals surface area contributed by atoms with Crippen LogP contribution in [0, 0.1) is 11.3 Å². The first kappa shape index (κ1) is 24.5. The fraction of sp³-hybridized carbons (Fsp3) is 0.609. The second-order valence-electron chi connectivity index (χ2n) is 8.58. The van der Waals surface area contributed by atoms with Crippen LogP contribution in [0.2, 0.25) is 0 Å². The summed E-state index contributed by atoms with van der Waals surface area (Å²) < 4.78 is 10.8. The summed E-state index contributed by atoms with van der Waals surface area (Å²) in [6.07, 6.45) is 1.38. The molecule has 1 saturated heterocycles. The molecule has 0 aromatic heterocycles. The summed E-state index contributed by atoms with van der Waals surface area (Å²) in [7, 11) is 0. The molecule has 0 radical (unpaired) electrons. The second-order valence-corrected chi connectivity index (χ2v) is 8.58. The van der Waals surface area contributed by atoms with Gasteiger partial charge in [0.15, 0.2) is 0 Å². The lowest BCUT2D eigenvalue weighted by molar-refractivity contribution is -0.120. The molecule has 2 rings (SSSR count). The van der Waals surface area contributed by atoms with Crippen molar-refractivity contribution in [3.05, 3.63) is 24.3 Å². The van der Waals surface area contributed by atoms with E-state index in [-0.39, 0.29) is 24.9 Å². The number of benzene rings is 1. The predicted octanol–water partition coefficient (Wildman–Crippen LogP) is 3.32. The number of piperidine rings is 1. The van der Waals surface area contributed by atoms with Gasteiger partial charge in [-0.1, -0.05) is 0 Å². The Kier molecular flexibility index (Phi) is 9.13. The minimum atomic E-state index is -0.523. The van der Waals surface area contributed by atoms with E-state index in [1.54, 1.807) is 4.90 Å². The van der Waals surface area contributed by atoms with Crippen LogP contribution >= 0.6 is 0 Å². The normalized spacial score (nSPS) is 15.1. The van der Waals surface area contributed by atoms with E-state index in [1.165, 1.54) is 0 Å². The lowest BCUT2D eigenvalue weighted by atomic mass is 10.1. The molecule has 0 aliphatic carbocycles. The molecule has 0 saturated carbocycles. The maximum absolute atomic E-state index is 13.0. The molecular weight excluding hydrogens is 396 g/mol. The van der Waals surface area contributed by atoms with Crippen LogP contribution < -0.4 is 15.0 Å². The van der Waals surface area contributed by atoms with Crippen LogP contribution in [-0.4, -0.2) is 61.3 Å². The number of alkyl carbamates (subject to hydrolysis) is 1. The Morgan fingerprint density at radius 2 is 1.87 bits per heavy atom. The molecule has 1 aliphatic rings. The van der Waals surface area contributed by atoms with Gasteiger partial charge in [-0.25, -0.2) is 4.79 Å². The molecule has 31 heavy (non-hydrogen) atoms. The molecular formula is C23H34N4O4. The smallest absolute Gasteiger partial charge is 0.407 e. The summed E-state index contributed by atoms with van der Waals surface area (Å²) in [5.41, 5.74) is 0.232. The molecule has 170 valence electrons. The van der Waals surface area contributed by atoms with Crippen molar-refractivity contribution in [3.8, 4) is 11.8 Å². The van der Waals surface area contributed by atoms with E-state index in [0.29, 0.717) is 26.2 Å². The number of carbonyl (C=O) groups is 2. The maximum atomic E-state index is 13.0. The molecule has 1 fully saturated rings. The van der Waals surface area contributed by atoms with E-state index in [2.05, 4.69) is 16.3 Å². The first-order valence-corrected chi connectivity index (χ1v) is 10.8. The summed E-state index contributed by atoms with van der Waals surface area (Å²) in [6, 6.07) is 9.51. The molecule has 1 aromatic rings. The first-order valence-electron chi connectivity index (χ1n) is 10.8. The van der Waals surface area contributed by atoms with Crippen molar-refractivity contribution in [3.63, 3.8) is 0 Å². The van der Waals surface area contributed by atoms with E-state index < -0.39 is 11.7 Å². The third kappa shape index (κ3) is 8.46. The third-order valence-corrected chi connectivity index (χ3v) is 4.87. The minimum absolute atomic E-state index is 0.0435. The van der Waals surface area contributed by atoms with Crippen molar-refractivity contribution >= 4 is 17.7 Å². The van der Waals surface area contributed by atoms with Gasteiger partial charge in [-0.05, 0) is 64.8 Å². The van der Waals surface area contributed by atoms with Crippen molar-refractivity contribution in [2.45, 2.75) is 58.6 Å². The fourth-order valence-corrected chi connectivity index (χ4v) is 3.43. The monoisotopic (exact) mass is 430 g/mol. The van der Waals surface area contributed by atoms with Gasteiger partial charge < -0.3 is 19.7 Å². The highest BCUT2D eigenvalue weighted by atomic mass is 16.6. The van der Waals surface area contributed by atoms with Gasteiger partial charge >= 0.3 is 6.09 Å². The largest absolute Gasteiger partial charge is 0.494 e. The first-order chi connectivity index (χ1) is 14.7. The number of nitriles is 1. The molecule has 8 heteroatoms. The number of amides is 2. The van der Waals surface area contributed by atoms with E-state index in [0.717, 1.165) is 24.3 Å². The van der Waals surface area contributed by atoms with Crippen LogP contribution in [-0.2, 0) is 9.53 Å². The molecule has 1 N–H and O–H groups in total. The molecule has 0 unspecified atom stereocenters. The van der Waals surface area contributed by atoms with Gasteiger partial charge in [-0.15, -0.1) is 0 Å². The van der Waals surface area contributed by atoms with Gasteiger partial charge in [0.05, 0.1) is 25.6 Å². The molecule has 0 atom stereocenters. The van der Waals surface area contributed by atoms with Gasteiger partial charge in [0.1, 0.15) is 11.4 Å². The van der Waals surface area contributed by atoms with Crippen LogP contribution in [0.4, 0.5) is 10.5 Å². The van der Waals surface area contributed by atoms with Gasteiger partial charge in [0, 0.05) is 31.4 Å². The van der Waals surface area contributed by atoms with Crippen LogP contribution in [0.1, 0.15) is 47.0 Å². The van der Waals surface area contributed by atoms with E-state index >= 15 is 0 Å². The van der Waals surface area contributed by atoms with Crippen molar-refractivity contribution in [1.29, 1.82) is 5.26 Å². The Labute approximate surface area is 185 Å². The van der Waals surface area contributed by atoms with Crippen molar-refractivity contribution in [2.75, 3.05) is 37.7 Å². The number of nitrogens with one attached hydrogen (secondary N) is 1. The third-order valence-electron chi connectivity index (χ3n) is 4.87. The maximum Gasteiger partial charge on any atom is 0.407 e. The van der Waals surface area contributed by atoms with Crippen LogP contribution in [0.25, 0.3) is 0 Å². The van der Waals surface area contributed by atoms with Crippen molar-refractivity contribution in [1.82, 2.24) is 10.2 Å². The Bertz CT molecular complexity index is 759. The number of hydrogen-bond acceptors (Lipinski definition) is 6. The Hall–Kier alpha value is -2.79. The van der Waals surface area contributed by atoms with Gasteiger partial charge in [-0.2, -0.15) is 5.26 Å². The van der Waals surface area contributed by atoms with E-state index in [9.17, 15) is 9.59 Å². The summed E-state index contributed by atoms with van der Waals surface area (Å²) in [5.74, 6) is 0.705. The molecule has 0 bridgehead atoms. The summed E-state index contributed by atoms with van der Waals surface area (Å²) >= 11 is 0. The second kappa shape index (κ2) is 11.6. The fourth-order valence-electron chi connectivity index (χ4n) is 3.43. The average Bonchev–Trinajstić information content (AvgIpc) is 2.70. The van der Waals surface area contributed by atoms with E-state index in [4.69, 9.17) is 14.7 Å². The SMILES string of the molecule is CCOc1ccc(N(CCC#N)C(=O)CN2CCC(NC(=O)OC(C)(C)C)CC2)cc1. The number of carbonyl (C=O) groups excluding carboxylic acids is 2. The lowest BCUT2D eigenvalue weighted by Crippen LogP contribution is -2.49. The van der Waals surface area contributed by atoms with Crippen molar-refractivity contribution < 1.29 is 19.1 Å². The molecule has 1 aromatic carbocycles. The minimum Gasteiger partial charge on any atom is -0.494 e. The summed E-state index contributed by atoms with van der Waals surface area (Å²) in [6.45, 7) is 10.1. The number of nitrogens with zero attached hydrogens (tertiary/aromatic N) is 3. The highest BCUT2D eigenvalue weighted by Crippen LogP contribution is 2.21. The molecule has 1 heterocycles. The predicted molar refractivity (Wildman–Crippen MR) is 119 cm³/mol. The quantitative estimate of drug-likeness (QED) is 0.680. The summed E-state index contributed by atoms with van der Waals surface area (Å²) in [5, 5.41) is 11.9. The standard InChI is InChI=1S/C23H34N4O4/c1-5-30-20-9-7-19(8-10-20)27(14-6-13-24)21(28)17-26-15-11-18(12-16-26)25-22(29)31-23(2,3)4/h7-10,18H,5-6,11-12,14-17H2,1-4H3,(H,25,29).